The summed E-state index contributed by atoms with van der Waals surface area (Å²) in [4.78, 5) is 37.7. The minimum Gasteiger partial charge on any atom is -0.444 e. The van der Waals surface area contributed by atoms with Gasteiger partial charge in [0.25, 0.3) is 0 Å². The van der Waals surface area contributed by atoms with Crippen LogP contribution in [0.1, 0.15) is 69.8 Å². The molecule has 0 unspecified atom stereocenters. The zero-order chi connectivity index (χ0) is 30.6. The van der Waals surface area contributed by atoms with Gasteiger partial charge in [-0.25, -0.2) is 14.2 Å². The number of carbonyl (C=O) groups is 2. The second-order valence-corrected chi connectivity index (χ2v) is 13.1. The maximum atomic E-state index is 13.8. The van der Waals surface area contributed by atoms with Crippen molar-refractivity contribution < 1.29 is 19.1 Å². The summed E-state index contributed by atoms with van der Waals surface area (Å²) in [6.07, 6.45) is 1.66. The molecular weight excluding hydrogens is 528 g/mol. The molecule has 5 rings (SSSR count). The molecular formula is C34H40N4O4. The lowest BCUT2D eigenvalue weighted by atomic mass is 10.0. The zero-order valence-corrected chi connectivity index (χ0v) is 26.1. The van der Waals surface area contributed by atoms with Crippen LogP contribution in [0.25, 0.3) is 33.3 Å². The third-order valence-electron chi connectivity index (χ3n) is 7.18. The summed E-state index contributed by atoms with van der Waals surface area (Å²) in [5.74, 6) is 0. The zero-order valence-electron chi connectivity index (χ0n) is 26.1. The fourth-order valence-corrected chi connectivity index (χ4v) is 5.51. The second kappa shape index (κ2) is 10.6. The number of pyridine rings is 2. The largest absolute Gasteiger partial charge is 0.444 e. The van der Waals surface area contributed by atoms with Crippen LogP contribution in [0.2, 0.25) is 0 Å². The molecule has 1 amide bonds. The van der Waals surface area contributed by atoms with Crippen LogP contribution in [-0.2, 0) is 22.4 Å². The van der Waals surface area contributed by atoms with Gasteiger partial charge < -0.3 is 14.4 Å². The summed E-state index contributed by atoms with van der Waals surface area (Å²) in [5.41, 5.74) is 7.75. The van der Waals surface area contributed by atoms with Crippen LogP contribution in [0.15, 0.2) is 42.6 Å². The number of ether oxygens (including phenoxy) is 2. The Bertz CT molecular complexity index is 1690. The summed E-state index contributed by atoms with van der Waals surface area (Å²) < 4.78 is 13.2. The predicted molar refractivity (Wildman–Crippen MR) is 165 cm³/mol. The average Bonchev–Trinajstić information content (AvgIpc) is 3.17. The van der Waals surface area contributed by atoms with E-state index in [0.717, 1.165) is 61.5 Å². The van der Waals surface area contributed by atoms with Crippen molar-refractivity contribution in [2.24, 2.45) is 0 Å². The molecule has 0 aliphatic carbocycles. The first kappa shape index (κ1) is 29.3. The summed E-state index contributed by atoms with van der Waals surface area (Å²) >= 11 is 0. The van der Waals surface area contributed by atoms with Gasteiger partial charge in [-0.3, -0.25) is 9.97 Å². The van der Waals surface area contributed by atoms with E-state index in [9.17, 15) is 9.59 Å². The maximum Gasteiger partial charge on any atom is 0.419 e. The highest BCUT2D eigenvalue weighted by Crippen LogP contribution is 2.37. The normalized spacial score (nSPS) is 13.7. The molecule has 0 fully saturated rings. The van der Waals surface area contributed by atoms with Crippen LogP contribution in [0.4, 0.5) is 9.59 Å². The second-order valence-electron chi connectivity index (χ2n) is 13.1. The Balaban J connectivity index is 1.64. The number of rotatable bonds is 2. The molecule has 0 saturated carbocycles. The molecule has 1 aliphatic heterocycles. The number of benzene rings is 1. The van der Waals surface area contributed by atoms with E-state index in [1.54, 1.807) is 9.47 Å². The van der Waals surface area contributed by atoms with Gasteiger partial charge in [0, 0.05) is 47.2 Å². The maximum absolute atomic E-state index is 13.8. The smallest absolute Gasteiger partial charge is 0.419 e. The monoisotopic (exact) mass is 568 g/mol. The van der Waals surface area contributed by atoms with Crippen LogP contribution in [0, 0.1) is 20.8 Å². The van der Waals surface area contributed by atoms with E-state index in [0.29, 0.717) is 19.5 Å². The van der Waals surface area contributed by atoms with Crippen molar-refractivity contribution in [1.82, 2.24) is 19.4 Å². The van der Waals surface area contributed by atoms with Crippen molar-refractivity contribution >= 4 is 23.1 Å². The fraction of sp³-hybridized carbons (Fsp3) is 0.412. The number of hydrogen-bond acceptors (Lipinski definition) is 6. The molecule has 0 N–H and O–H groups in total. The molecule has 0 spiro atoms. The molecule has 1 aliphatic rings. The van der Waals surface area contributed by atoms with Crippen molar-refractivity contribution in [3.05, 3.63) is 70.8 Å². The molecule has 4 aromatic rings. The average molecular weight is 569 g/mol. The van der Waals surface area contributed by atoms with Crippen LogP contribution in [-0.4, -0.2) is 49.4 Å². The van der Waals surface area contributed by atoms with Crippen molar-refractivity contribution in [1.29, 1.82) is 0 Å². The quantitative estimate of drug-likeness (QED) is 0.246. The van der Waals surface area contributed by atoms with Gasteiger partial charge in [-0.15, -0.1) is 0 Å². The van der Waals surface area contributed by atoms with Gasteiger partial charge in [0.15, 0.2) is 0 Å². The minimum absolute atomic E-state index is 0.341. The van der Waals surface area contributed by atoms with E-state index < -0.39 is 17.3 Å². The number of aryl methyl sites for hydroxylation is 3. The Kier molecular flexibility index (Phi) is 7.37. The highest BCUT2D eigenvalue weighted by atomic mass is 16.6. The van der Waals surface area contributed by atoms with E-state index in [1.165, 1.54) is 0 Å². The highest BCUT2D eigenvalue weighted by Gasteiger charge is 2.29. The van der Waals surface area contributed by atoms with Crippen LogP contribution >= 0.6 is 0 Å². The molecule has 0 atom stereocenters. The van der Waals surface area contributed by atoms with Gasteiger partial charge in [0.05, 0.1) is 17.8 Å². The molecule has 3 aromatic heterocycles. The fourth-order valence-electron chi connectivity index (χ4n) is 5.51. The summed E-state index contributed by atoms with van der Waals surface area (Å²) in [7, 11) is 0. The first-order chi connectivity index (χ1) is 19.6. The minimum atomic E-state index is -0.683. The number of hydrogen-bond donors (Lipinski definition) is 0. The summed E-state index contributed by atoms with van der Waals surface area (Å²) in [6, 6.07) is 12.3. The molecule has 8 heteroatoms. The van der Waals surface area contributed by atoms with Gasteiger partial charge in [0.1, 0.15) is 11.2 Å². The molecule has 8 nitrogen and oxygen atoms in total. The first-order valence-electron chi connectivity index (χ1n) is 14.4. The van der Waals surface area contributed by atoms with E-state index in [4.69, 9.17) is 14.5 Å². The third-order valence-corrected chi connectivity index (χ3v) is 7.18. The summed E-state index contributed by atoms with van der Waals surface area (Å²) in [6.45, 7) is 18.1. The van der Waals surface area contributed by atoms with Gasteiger partial charge in [-0.2, -0.15) is 0 Å². The van der Waals surface area contributed by atoms with Crippen molar-refractivity contribution in [2.75, 3.05) is 6.54 Å². The number of nitrogens with zero attached hydrogens (tertiary/aromatic N) is 4. The first-order valence-corrected chi connectivity index (χ1v) is 14.4. The molecule has 1 aromatic carbocycles. The van der Waals surface area contributed by atoms with E-state index in [2.05, 4.69) is 17.1 Å². The van der Waals surface area contributed by atoms with Crippen LogP contribution < -0.4 is 0 Å². The van der Waals surface area contributed by atoms with Crippen LogP contribution in [0.3, 0.4) is 0 Å². The molecule has 42 heavy (non-hydrogen) atoms. The molecule has 0 bridgehead atoms. The number of amides is 1. The van der Waals surface area contributed by atoms with E-state index in [1.807, 2.05) is 92.8 Å². The topological polar surface area (TPSA) is 86.6 Å². The van der Waals surface area contributed by atoms with Crippen molar-refractivity contribution in [3.8, 4) is 22.4 Å². The lowest BCUT2D eigenvalue weighted by Crippen LogP contribution is -2.40. The van der Waals surface area contributed by atoms with Gasteiger partial charge in [-0.1, -0.05) is 12.1 Å². The molecule has 4 heterocycles. The molecule has 220 valence electrons. The predicted octanol–water partition coefficient (Wildman–Crippen LogP) is 7.77. The lowest BCUT2D eigenvalue weighted by Gasteiger charge is -2.31. The van der Waals surface area contributed by atoms with Gasteiger partial charge in [0.2, 0.25) is 0 Å². The van der Waals surface area contributed by atoms with Crippen molar-refractivity contribution in [2.45, 2.75) is 86.5 Å². The lowest BCUT2D eigenvalue weighted by molar-refractivity contribution is 0.0222. The Morgan fingerprint density at radius 1 is 0.810 bits per heavy atom. The third kappa shape index (κ3) is 6.03. The van der Waals surface area contributed by atoms with Gasteiger partial charge >= 0.3 is 12.2 Å². The summed E-state index contributed by atoms with van der Waals surface area (Å²) in [5, 5.41) is 0.954. The Hall–Kier alpha value is -4.20. The van der Waals surface area contributed by atoms with E-state index >= 15 is 0 Å². The van der Waals surface area contributed by atoms with Crippen molar-refractivity contribution in [3.63, 3.8) is 0 Å². The standard InChI is InChI=1S/C34H40N4O4/c1-20-14-24(15-21(2)36-20)23-10-11-27-22(3)30(38(29(27)17-23)32(40)42-34(7,8)9)25-16-26-19-37(13-12-28(26)35-18-25)31(39)41-33(4,5)6/h10-11,14-18H,12-13,19H2,1-9H3. The van der Waals surface area contributed by atoms with Crippen LogP contribution in [0.5, 0.6) is 0 Å². The Morgan fingerprint density at radius 2 is 1.45 bits per heavy atom. The Morgan fingerprint density at radius 3 is 2.10 bits per heavy atom. The number of aromatic nitrogens is 3. The molecule has 0 saturated heterocycles. The highest BCUT2D eigenvalue weighted by molar-refractivity contribution is 6.01. The van der Waals surface area contributed by atoms with Gasteiger partial charge in [-0.05, 0) is 109 Å². The molecule has 0 radical (unpaired) electrons. The SMILES string of the molecule is Cc1cc(-c2ccc3c(C)c(-c4cnc5c(c4)CN(C(=O)OC(C)(C)C)CC5)n(C(=O)OC(C)(C)C)c3c2)cc(C)n1. The number of fused-ring (bicyclic) bond motifs is 2. The van der Waals surface area contributed by atoms with E-state index in [-0.39, 0.29) is 6.09 Å². The Labute approximate surface area is 247 Å². The number of carbonyl (C=O) groups excluding carboxylic acids is 2.